The number of terminal acetylenes is 1. The molecule has 0 aliphatic heterocycles. The minimum atomic E-state index is -0.809. The van der Waals surface area contributed by atoms with E-state index in [1.54, 1.807) is 48.5 Å². The summed E-state index contributed by atoms with van der Waals surface area (Å²) < 4.78 is 0. The molecule has 7 heteroatoms. The number of benzene rings is 2. The van der Waals surface area contributed by atoms with Gasteiger partial charge in [-0.05, 0) is 36.2 Å². The first kappa shape index (κ1) is 23.0. The zero-order valence-corrected chi connectivity index (χ0v) is 17.9. The predicted molar refractivity (Wildman–Crippen MR) is 118 cm³/mol. The second kappa shape index (κ2) is 10.5. The van der Waals surface area contributed by atoms with Crippen LogP contribution in [-0.2, 0) is 9.59 Å². The molecule has 1 unspecified atom stereocenters. The molecule has 0 spiro atoms. The number of rotatable bonds is 7. The molecule has 0 aliphatic rings. The second-order valence-electron chi connectivity index (χ2n) is 7.14. The van der Waals surface area contributed by atoms with Gasteiger partial charge in [0.1, 0.15) is 6.04 Å². The Morgan fingerprint density at radius 1 is 1.13 bits per heavy atom. The Bertz CT molecular complexity index is 982. The summed E-state index contributed by atoms with van der Waals surface area (Å²) in [5.74, 6) is 1.10. The van der Waals surface area contributed by atoms with Crippen molar-refractivity contribution in [2.24, 2.45) is 5.92 Å². The summed E-state index contributed by atoms with van der Waals surface area (Å²) in [4.78, 5) is 39.1. The highest BCUT2D eigenvalue weighted by Gasteiger charge is 2.28. The maximum Gasteiger partial charge on any atom is 0.253 e. The van der Waals surface area contributed by atoms with Crippen molar-refractivity contribution in [3.05, 3.63) is 64.7 Å². The average molecular weight is 426 g/mol. The molecule has 1 atom stereocenters. The highest BCUT2D eigenvalue weighted by Crippen LogP contribution is 2.16. The monoisotopic (exact) mass is 425 g/mol. The summed E-state index contributed by atoms with van der Waals surface area (Å²) in [6.07, 6.45) is 5.36. The molecule has 0 fully saturated rings. The first-order valence-electron chi connectivity index (χ1n) is 9.39. The third-order valence-electron chi connectivity index (χ3n) is 4.41. The van der Waals surface area contributed by atoms with Crippen molar-refractivity contribution in [2.75, 3.05) is 18.9 Å². The Morgan fingerprint density at radius 3 is 2.47 bits per heavy atom. The van der Waals surface area contributed by atoms with Gasteiger partial charge in [0, 0.05) is 18.3 Å². The SMILES string of the molecule is C#Cc1cccc(NC(=O)CN(C)C(=O)C(NC(=O)c2ccccc2Cl)C(C)C)c1. The molecule has 0 radical (unpaired) electrons. The third kappa shape index (κ3) is 6.10. The number of hydrogen-bond acceptors (Lipinski definition) is 3. The van der Waals surface area contributed by atoms with Crippen molar-refractivity contribution in [3.63, 3.8) is 0 Å². The van der Waals surface area contributed by atoms with E-state index in [0.29, 0.717) is 16.3 Å². The molecule has 6 nitrogen and oxygen atoms in total. The van der Waals surface area contributed by atoms with E-state index in [2.05, 4.69) is 16.6 Å². The standard InChI is InChI=1S/C23H24ClN3O3/c1-5-16-9-8-10-17(13-16)25-20(28)14-27(4)23(30)21(15(2)3)26-22(29)18-11-6-7-12-19(18)24/h1,6-13,15,21H,14H2,2-4H3,(H,25,28)(H,26,29). The normalized spacial score (nSPS) is 11.3. The van der Waals surface area contributed by atoms with Gasteiger partial charge in [-0.2, -0.15) is 0 Å². The summed E-state index contributed by atoms with van der Waals surface area (Å²) in [5, 5.41) is 5.73. The van der Waals surface area contributed by atoms with Gasteiger partial charge in [-0.15, -0.1) is 6.42 Å². The van der Waals surface area contributed by atoms with Crippen LogP contribution in [0.25, 0.3) is 0 Å². The highest BCUT2D eigenvalue weighted by molar-refractivity contribution is 6.33. The molecule has 0 aromatic heterocycles. The van der Waals surface area contributed by atoms with Gasteiger partial charge in [-0.3, -0.25) is 14.4 Å². The van der Waals surface area contributed by atoms with Gasteiger partial charge in [-0.25, -0.2) is 0 Å². The fraction of sp³-hybridized carbons (Fsp3) is 0.261. The molecule has 2 rings (SSSR count). The lowest BCUT2D eigenvalue weighted by Gasteiger charge is -2.27. The maximum absolute atomic E-state index is 12.9. The van der Waals surface area contributed by atoms with E-state index < -0.39 is 11.9 Å². The quantitative estimate of drug-likeness (QED) is 0.669. The number of carbonyl (C=O) groups is 3. The zero-order valence-electron chi connectivity index (χ0n) is 17.1. The smallest absolute Gasteiger partial charge is 0.253 e. The summed E-state index contributed by atoms with van der Waals surface area (Å²) >= 11 is 6.07. The number of carbonyl (C=O) groups excluding carboxylic acids is 3. The van der Waals surface area contributed by atoms with Crippen LogP contribution in [0.4, 0.5) is 5.69 Å². The Kier molecular flexibility index (Phi) is 8.02. The van der Waals surface area contributed by atoms with Gasteiger partial charge in [0.25, 0.3) is 5.91 Å². The molecule has 30 heavy (non-hydrogen) atoms. The van der Waals surface area contributed by atoms with Crippen LogP contribution in [0.3, 0.4) is 0 Å². The first-order chi connectivity index (χ1) is 14.2. The molecule has 3 amide bonds. The number of nitrogens with zero attached hydrogens (tertiary/aromatic N) is 1. The molecule has 2 aromatic rings. The van der Waals surface area contributed by atoms with E-state index in [-0.39, 0.29) is 29.8 Å². The van der Waals surface area contributed by atoms with Crippen LogP contribution in [0.2, 0.25) is 5.02 Å². The van der Waals surface area contributed by atoms with Crippen LogP contribution < -0.4 is 10.6 Å². The molecular weight excluding hydrogens is 402 g/mol. The lowest BCUT2D eigenvalue weighted by atomic mass is 10.0. The topological polar surface area (TPSA) is 78.5 Å². The van der Waals surface area contributed by atoms with Crippen molar-refractivity contribution in [3.8, 4) is 12.3 Å². The minimum Gasteiger partial charge on any atom is -0.340 e. The second-order valence-corrected chi connectivity index (χ2v) is 7.55. The van der Waals surface area contributed by atoms with Crippen LogP contribution in [-0.4, -0.2) is 42.3 Å². The number of hydrogen-bond donors (Lipinski definition) is 2. The molecule has 2 aromatic carbocycles. The van der Waals surface area contributed by atoms with Crippen LogP contribution in [0.1, 0.15) is 29.8 Å². The molecule has 0 saturated heterocycles. The third-order valence-corrected chi connectivity index (χ3v) is 4.74. The number of likely N-dealkylation sites (N-methyl/N-ethyl adjacent to an activating group) is 1. The number of anilines is 1. The van der Waals surface area contributed by atoms with Gasteiger partial charge in [0.05, 0.1) is 17.1 Å². The summed E-state index contributed by atoms with van der Waals surface area (Å²) in [6, 6.07) is 12.7. The van der Waals surface area contributed by atoms with E-state index >= 15 is 0 Å². The van der Waals surface area contributed by atoms with Crippen LogP contribution >= 0.6 is 11.6 Å². The van der Waals surface area contributed by atoms with Crippen molar-refractivity contribution in [1.29, 1.82) is 0 Å². The summed E-state index contributed by atoms with van der Waals surface area (Å²) in [5.41, 5.74) is 1.47. The molecule has 0 saturated carbocycles. The van der Waals surface area contributed by atoms with Gasteiger partial charge in [0.15, 0.2) is 0 Å². The van der Waals surface area contributed by atoms with Crippen LogP contribution in [0, 0.1) is 18.3 Å². The van der Waals surface area contributed by atoms with E-state index in [1.165, 1.54) is 11.9 Å². The van der Waals surface area contributed by atoms with Crippen LogP contribution in [0.5, 0.6) is 0 Å². The highest BCUT2D eigenvalue weighted by atomic mass is 35.5. The molecule has 0 bridgehead atoms. The average Bonchev–Trinajstić information content (AvgIpc) is 2.71. The minimum absolute atomic E-state index is 0.176. The summed E-state index contributed by atoms with van der Waals surface area (Å²) in [6.45, 7) is 3.45. The molecule has 2 N–H and O–H groups in total. The Balaban J connectivity index is 2.03. The molecule has 156 valence electrons. The van der Waals surface area contributed by atoms with E-state index in [0.717, 1.165) is 0 Å². The lowest BCUT2D eigenvalue weighted by molar-refractivity contribution is -0.135. The Morgan fingerprint density at radius 2 is 1.83 bits per heavy atom. The van der Waals surface area contributed by atoms with Gasteiger partial charge >= 0.3 is 0 Å². The van der Waals surface area contributed by atoms with Gasteiger partial charge in [-0.1, -0.05) is 49.6 Å². The van der Waals surface area contributed by atoms with Crippen molar-refractivity contribution in [1.82, 2.24) is 10.2 Å². The van der Waals surface area contributed by atoms with Crippen molar-refractivity contribution >= 4 is 35.0 Å². The van der Waals surface area contributed by atoms with Crippen molar-refractivity contribution < 1.29 is 14.4 Å². The van der Waals surface area contributed by atoms with Crippen molar-refractivity contribution in [2.45, 2.75) is 19.9 Å². The first-order valence-corrected chi connectivity index (χ1v) is 9.77. The Hall–Kier alpha value is -3.30. The molecular formula is C23H24ClN3O3. The van der Waals surface area contributed by atoms with Crippen LogP contribution in [0.15, 0.2) is 48.5 Å². The fourth-order valence-corrected chi connectivity index (χ4v) is 3.02. The molecule has 0 aliphatic carbocycles. The molecule has 0 heterocycles. The Labute approximate surface area is 181 Å². The maximum atomic E-state index is 12.9. The summed E-state index contributed by atoms with van der Waals surface area (Å²) in [7, 11) is 1.51. The number of amides is 3. The van der Waals surface area contributed by atoms with Gasteiger partial charge in [0.2, 0.25) is 11.8 Å². The van der Waals surface area contributed by atoms with E-state index in [1.807, 2.05) is 13.8 Å². The fourth-order valence-electron chi connectivity index (χ4n) is 2.80. The number of halogens is 1. The van der Waals surface area contributed by atoms with Gasteiger partial charge < -0.3 is 15.5 Å². The lowest BCUT2D eigenvalue weighted by Crippen LogP contribution is -2.51. The largest absolute Gasteiger partial charge is 0.340 e. The van der Waals surface area contributed by atoms with E-state index in [9.17, 15) is 14.4 Å². The predicted octanol–water partition coefficient (Wildman–Crippen LogP) is 3.17. The van der Waals surface area contributed by atoms with E-state index in [4.69, 9.17) is 18.0 Å². The zero-order chi connectivity index (χ0) is 22.3. The number of nitrogens with one attached hydrogen (secondary N) is 2.